The van der Waals surface area contributed by atoms with Gasteiger partial charge in [0, 0.05) is 5.02 Å². The molecule has 112 valence electrons. The highest BCUT2D eigenvalue weighted by Crippen LogP contribution is 2.32. The van der Waals surface area contributed by atoms with Gasteiger partial charge in [-0.05, 0) is 81.1 Å². The molecule has 2 heteroatoms. The van der Waals surface area contributed by atoms with Crippen molar-refractivity contribution in [1.29, 1.82) is 0 Å². The first kappa shape index (κ1) is 16.1. The van der Waals surface area contributed by atoms with Crippen molar-refractivity contribution in [2.24, 2.45) is 0 Å². The molecule has 0 aliphatic rings. The van der Waals surface area contributed by atoms with E-state index in [1.807, 2.05) is 7.05 Å². The van der Waals surface area contributed by atoms with Gasteiger partial charge in [0.15, 0.2) is 0 Å². The van der Waals surface area contributed by atoms with Crippen molar-refractivity contribution < 1.29 is 0 Å². The lowest BCUT2D eigenvalue weighted by atomic mass is 9.87. The lowest BCUT2D eigenvalue weighted by Crippen LogP contribution is -2.21. The maximum Gasteiger partial charge on any atom is 0.0582 e. The fourth-order valence-corrected chi connectivity index (χ4v) is 3.43. The molecule has 1 unspecified atom stereocenters. The maximum absolute atomic E-state index is 6.24. The van der Waals surface area contributed by atoms with Gasteiger partial charge < -0.3 is 5.32 Å². The van der Waals surface area contributed by atoms with E-state index < -0.39 is 0 Å². The van der Waals surface area contributed by atoms with Gasteiger partial charge in [0.05, 0.1) is 6.04 Å². The minimum Gasteiger partial charge on any atom is -0.309 e. The molecule has 0 fully saturated rings. The van der Waals surface area contributed by atoms with Gasteiger partial charge in [0.1, 0.15) is 0 Å². The molecule has 0 bridgehead atoms. The Morgan fingerprint density at radius 3 is 1.90 bits per heavy atom. The zero-order chi connectivity index (χ0) is 15.7. The second kappa shape index (κ2) is 6.21. The molecule has 0 aliphatic carbocycles. The predicted octanol–water partition coefficient (Wildman–Crippen LogP) is 5.19. The average molecular weight is 302 g/mol. The molecular weight excluding hydrogens is 278 g/mol. The molecule has 2 rings (SSSR count). The fraction of sp³-hybridized carbons (Fsp3) is 0.368. The van der Waals surface area contributed by atoms with E-state index in [1.165, 1.54) is 33.4 Å². The Balaban J connectivity index is 2.63. The summed E-state index contributed by atoms with van der Waals surface area (Å²) in [6.07, 6.45) is 0. The molecule has 0 aromatic heterocycles. The van der Waals surface area contributed by atoms with E-state index in [2.05, 4.69) is 64.2 Å². The van der Waals surface area contributed by atoms with Crippen LogP contribution in [-0.2, 0) is 0 Å². The third kappa shape index (κ3) is 3.14. The Kier molecular flexibility index (Phi) is 4.75. The quantitative estimate of drug-likeness (QED) is 0.822. The van der Waals surface area contributed by atoms with Gasteiger partial charge in [0.25, 0.3) is 0 Å². The lowest BCUT2D eigenvalue weighted by Gasteiger charge is -2.24. The van der Waals surface area contributed by atoms with Crippen LogP contribution in [0.5, 0.6) is 0 Å². The third-order valence-electron chi connectivity index (χ3n) is 4.17. The average Bonchev–Trinajstić information content (AvgIpc) is 2.38. The summed E-state index contributed by atoms with van der Waals surface area (Å²) >= 11 is 6.24. The molecule has 0 heterocycles. The SMILES string of the molecule is CNC(c1cc(C)c(Cl)cc1C)c1c(C)cc(C)cc1C. The van der Waals surface area contributed by atoms with Crippen LogP contribution in [-0.4, -0.2) is 7.05 Å². The van der Waals surface area contributed by atoms with Gasteiger partial charge in [-0.3, -0.25) is 0 Å². The Labute approximate surface area is 133 Å². The van der Waals surface area contributed by atoms with Gasteiger partial charge in [-0.2, -0.15) is 0 Å². The van der Waals surface area contributed by atoms with Crippen molar-refractivity contribution in [3.05, 3.63) is 68.2 Å². The number of hydrogen-bond donors (Lipinski definition) is 1. The monoisotopic (exact) mass is 301 g/mol. The van der Waals surface area contributed by atoms with E-state index in [0.29, 0.717) is 0 Å². The zero-order valence-corrected chi connectivity index (χ0v) is 14.5. The minimum absolute atomic E-state index is 0.196. The van der Waals surface area contributed by atoms with Crippen LogP contribution in [0.15, 0.2) is 24.3 Å². The molecule has 0 radical (unpaired) electrons. The van der Waals surface area contributed by atoms with Crippen LogP contribution in [0.25, 0.3) is 0 Å². The molecule has 1 atom stereocenters. The summed E-state index contributed by atoms with van der Waals surface area (Å²) in [5, 5.41) is 4.32. The highest BCUT2D eigenvalue weighted by atomic mass is 35.5. The molecule has 0 aliphatic heterocycles. The van der Waals surface area contributed by atoms with Crippen LogP contribution in [0.3, 0.4) is 0 Å². The maximum atomic E-state index is 6.24. The van der Waals surface area contributed by atoms with Crippen molar-refractivity contribution >= 4 is 11.6 Å². The van der Waals surface area contributed by atoms with Gasteiger partial charge >= 0.3 is 0 Å². The lowest BCUT2D eigenvalue weighted by molar-refractivity contribution is 0.678. The van der Waals surface area contributed by atoms with E-state index >= 15 is 0 Å². The Morgan fingerprint density at radius 1 is 0.810 bits per heavy atom. The van der Waals surface area contributed by atoms with Crippen LogP contribution in [0, 0.1) is 34.6 Å². The predicted molar refractivity (Wildman–Crippen MR) is 92.5 cm³/mol. The smallest absolute Gasteiger partial charge is 0.0582 e. The number of rotatable bonds is 3. The number of benzene rings is 2. The summed E-state index contributed by atoms with van der Waals surface area (Å²) in [7, 11) is 2.02. The third-order valence-corrected chi connectivity index (χ3v) is 4.58. The first-order chi connectivity index (χ1) is 9.85. The van der Waals surface area contributed by atoms with Crippen molar-refractivity contribution in [2.75, 3.05) is 7.05 Å². The Morgan fingerprint density at radius 2 is 1.38 bits per heavy atom. The van der Waals surface area contributed by atoms with Gasteiger partial charge in [0.2, 0.25) is 0 Å². The number of hydrogen-bond acceptors (Lipinski definition) is 1. The number of halogens is 1. The number of nitrogens with one attached hydrogen (secondary N) is 1. The highest BCUT2D eigenvalue weighted by Gasteiger charge is 2.19. The molecule has 0 saturated heterocycles. The van der Waals surface area contributed by atoms with Crippen LogP contribution in [0.1, 0.15) is 45.0 Å². The first-order valence-electron chi connectivity index (χ1n) is 7.36. The van der Waals surface area contributed by atoms with Gasteiger partial charge in [-0.15, -0.1) is 0 Å². The van der Waals surface area contributed by atoms with Crippen LogP contribution in [0.4, 0.5) is 0 Å². The molecule has 0 saturated carbocycles. The topological polar surface area (TPSA) is 12.0 Å². The van der Waals surface area contributed by atoms with E-state index in [9.17, 15) is 0 Å². The summed E-state index contributed by atoms with van der Waals surface area (Å²) in [4.78, 5) is 0. The zero-order valence-electron chi connectivity index (χ0n) is 13.8. The van der Waals surface area contributed by atoms with E-state index in [4.69, 9.17) is 11.6 Å². The summed E-state index contributed by atoms with van der Waals surface area (Å²) in [6, 6.07) is 8.98. The normalized spacial score (nSPS) is 12.5. The molecule has 21 heavy (non-hydrogen) atoms. The minimum atomic E-state index is 0.196. The second-order valence-corrected chi connectivity index (χ2v) is 6.40. The number of aryl methyl sites for hydroxylation is 5. The summed E-state index contributed by atoms with van der Waals surface area (Å²) in [5.41, 5.74) is 9.00. The molecule has 0 spiro atoms. The van der Waals surface area contributed by atoms with Crippen LogP contribution in [0.2, 0.25) is 5.02 Å². The largest absolute Gasteiger partial charge is 0.309 e. The summed E-state index contributed by atoms with van der Waals surface area (Å²) in [5.74, 6) is 0. The standard InChI is InChI=1S/C19H24ClN/c1-11-7-14(4)18(15(5)8-11)19(21-6)16-9-13(3)17(20)10-12(16)2/h7-10,19,21H,1-6H3. The van der Waals surface area contributed by atoms with Crippen molar-refractivity contribution in [2.45, 2.75) is 40.7 Å². The Bertz CT molecular complexity index is 651. The van der Waals surface area contributed by atoms with Crippen LogP contribution >= 0.6 is 11.6 Å². The molecule has 1 nitrogen and oxygen atoms in total. The van der Waals surface area contributed by atoms with Crippen molar-refractivity contribution in [3.63, 3.8) is 0 Å². The van der Waals surface area contributed by atoms with Crippen molar-refractivity contribution in [3.8, 4) is 0 Å². The molecule has 2 aromatic rings. The first-order valence-corrected chi connectivity index (χ1v) is 7.74. The molecule has 0 amide bonds. The summed E-state index contributed by atoms with van der Waals surface area (Å²) < 4.78 is 0. The van der Waals surface area contributed by atoms with E-state index in [1.54, 1.807) is 0 Å². The Hall–Kier alpha value is -1.31. The fourth-order valence-electron chi connectivity index (χ4n) is 3.22. The van der Waals surface area contributed by atoms with Crippen LogP contribution < -0.4 is 5.32 Å². The summed E-state index contributed by atoms with van der Waals surface area (Å²) in [6.45, 7) is 10.7. The highest BCUT2D eigenvalue weighted by molar-refractivity contribution is 6.31. The van der Waals surface area contributed by atoms with E-state index in [-0.39, 0.29) is 6.04 Å². The second-order valence-electron chi connectivity index (χ2n) is 5.99. The van der Waals surface area contributed by atoms with Crippen molar-refractivity contribution in [1.82, 2.24) is 5.32 Å². The van der Waals surface area contributed by atoms with Gasteiger partial charge in [-0.25, -0.2) is 0 Å². The molecule has 1 N–H and O–H groups in total. The van der Waals surface area contributed by atoms with Gasteiger partial charge in [-0.1, -0.05) is 35.4 Å². The van der Waals surface area contributed by atoms with E-state index in [0.717, 1.165) is 10.6 Å². The molecule has 2 aromatic carbocycles. The molecular formula is C19H24ClN.